The van der Waals surface area contributed by atoms with E-state index in [1.165, 1.54) is 12.8 Å². The van der Waals surface area contributed by atoms with Crippen LogP contribution in [-0.2, 0) is 0 Å². The molecule has 1 aromatic rings. The maximum Gasteiger partial charge on any atom is 0.134 e. The molecule has 1 heterocycles. The molecule has 2 atom stereocenters. The molecule has 1 aliphatic carbocycles. The molecule has 0 amide bonds. The van der Waals surface area contributed by atoms with Crippen LogP contribution in [0.3, 0.4) is 0 Å². The Labute approximate surface area is 114 Å². The summed E-state index contributed by atoms with van der Waals surface area (Å²) in [6, 6.07) is 0.316. The van der Waals surface area contributed by atoms with Crippen molar-refractivity contribution in [2.45, 2.75) is 45.6 Å². The Balaban J connectivity index is 2.20. The summed E-state index contributed by atoms with van der Waals surface area (Å²) < 4.78 is 0. The zero-order chi connectivity index (χ0) is 13.8. The monoisotopic (exact) mass is 264 g/mol. The first kappa shape index (κ1) is 14.1. The highest BCUT2D eigenvalue weighted by Gasteiger charge is 2.25. The third-order valence-electron chi connectivity index (χ3n) is 3.96. The number of nitrogens with one attached hydrogen (secondary N) is 2. The first-order chi connectivity index (χ1) is 9.15. The molecule has 1 aliphatic rings. The summed E-state index contributed by atoms with van der Waals surface area (Å²) in [5.74, 6) is 2.85. The molecule has 0 saturated heterocycles. The van der Waals surface area contributed by atoms with Gasteiger partial charge in [0.1, 0.15) is 17.5 Å². The smallest absolute Gasteiger partial charge is 0.134 e. The fourth-order valence-electron chi connectivity index (χ4n) is 2.80. The van der Waals surface area contributed by atoms with Crippen LogP contribution in [0.4, 0.5) is 11.6 Å². The minimum atomic E-state index is 0.250. The van der Waals surface area contributed by atoms with Gasteiger partial charge in [0.25, 0.3) is 0 Å². The van der Waals surface area contributed by atoms with Gasteiger partial charge in [0.15, 0.2) is 0 Å². The van der Waals surface area contributed by atoms with Crippen molar-refractivity contribution in [3.63, 3.8) is 0 Å². The predicted molar refractivity (Wildman–Crippen MR) is 77.5 cm³/mol. The van der Waals surface area contributed by atoms with Gasteiger partial charge in [0.05, 0.1) is 0 Å². The molecule has 1 fully saturated rings. The van der Waals surface area contributed by atoms with Gasteiger partial charge in [-0.25, -0.2) is 9.97 Å². The number of aliphatic hydroxyl groups is 1. The summed E-state index contributed by atoms with van der Waals surface area (Å²) in [4.78, 5) is 8.87. The van der Waals surface area contributed by atoms with E-state index in [9.17, 15) is 5.11 Å². The minimum Gasteiger partial charge on any atom is -0.396 e. The van der Waals surface area contributed by atoms with Gasteiger partial charge in [-0.2, -0.15) is 0 Å². The highest BCUT2D eigenvalue weighted by molar-refractivity contribution is 5.57. The lowest BCUT2D eigenvalue weighted by Gasteiger charge is -2.31. The molecule has 106 valence electrons. The van der Waals surface area contributed by atoms with E-state index in [2.05, 4.69) is 20.6 Å². The maximum atomic E-state index is 9.48. The fourth-order valence-corrected chi connectivity index (χ4v) is 2.80. The molecule has 0 radical (unpaired) electrons. The van der Waals surface area contributed by atoms with E-state index in [0.717, 1.165) is 35.9 Å². The third kappa shape index (κ3) is 3.15. The van der Waals surface area contributed by atoms with Gasteiger partial charge in [0, 0.05) is 31.2 Å². The highest BCUT2D eigenvalue weighted by atomic mass is 16.3. The zero-order valence-electron chi connectivity index (χ0n) is 12.0. The average Bonchev–Trinajstić information content (AvgIpc) is 2.43. The number of anilines is 2. The second-order valence-electron chi connectivity index (χ2n) is 5.32. The molecule has 1 saturated carbocycles. The van der Waals surface area contributed by atoms with Gasteiger partial charge in [-0.1, -0.05) is 12.8 Å². The van der Waals surface area contributed by atoms with E-state index in [1.54, 1.807) is 0 Å². The van der Waals surface area contributed by atoms with Gasteiger partial charge < -0.3 is 15.7 Å². The van der Waals surface area contributed by atoms with E-state index in [1.807, 2.05) is 20.9 Å². The normalized spacial score (nSPS) is 23.2. The Hall–Kier alpha value is -1.36. The number of nitrogens with zero attached hydrogens (tertiary/aromatic N) is 2. The van der Waals surface area contributed by atoms with Crippen LogP contribution in [0.5, 0.6) is 0 Å². The fraction of sp³-hybridized carbons (Fsp3) is 0.714. The predicted octanol–water partition coefficient (Wildman–Crippen LogP) is 2.10. The molecule has 0 bridgehead atoms. The molecule has 5 nitrogen and oxygen atoms in total. The van der Waals surface area contributed by atoms with Crippen LogP contribution in [0.1, 0.15) is 37.1 Å². The third-order valence-corrected chi connectivity index (χ3v) is 3.96. The van der Waals surface area contributed by atoms with Crippen LogP contribution < -0.4 is 10.6 Å². The summed E-state index contributed by atoms with van der Waals surface area (Å²) >= 11 is 0. The lowest BCUT2D eigenvalue weighted by atomic mass is 9.85. The number of hydrogen-bond donors (Lipinski definition) is 3. The minimum absolute atomic E-state index is 0.250. The SMILES string of the molecule is CNc1nc(C)nc(NC2CCCCC2CO)c1C. The quantitative estimate of drug-likeness (QED) is 0.777. The van der Waals surface area contributed by atoms with Gasteiger partial charge in [-0.05, 0) is 26.7 Å². The largest absolute Gasteiger partial charge is 0.396 e. The summed E-state index contributed by atoms with van der Waals surface area (Å²) in [5.41, 5.74) is 1.04. The number of rotatable bonds is 4. The summed E-state index contributed by atoms with van der Waals surface area (Å²) in [5, 5.41) is 16.1. The van der Waals surface area contributed by atoms with Crippen LogP contribution in [0.2, 0.25) is 0 Å². The van der Waals surface area contributed by atoms with Crippen LogP contribution in [0, 0.1) is 19.8 Å². The highest BCUT2D eigenvalue weighted by Crippen LogP contribution is 2.28. The van der Waals surface area contributed by atoms with Crippen molar-refractivity contribution >= 4 is 11.6 Å². The van der Waals surface area contributed by atoms with Crippen molar-refractivity contribution < 1.29 is 5.11 Å². The Kier molecular flexibility index (Phi) is 4.58. The molecule has 0 spiro atoms. The van der Waals surface area contributed by atoms with Gasteiger partial charge in [-0.3, -0.25) is 0 Å². The van der Waals surface area contributed by atoms with E-state index in [4.69, 9.17) is 0 Å². The van der Waals surface area contributed by atoms with E-state index in [-0.39, 0.29) is 6.61 Å². The number of hydrogen-bond acceptors (Lipinski definition) is 5. The van der Waals surface area contributed by atoms with Gasteiger partial charge in [-0.15, -0.1) is 0 Å². The molecule has 19 heavy (non-hydrogen) atoms. The molecule has 2 rings (SSSR count). The maximum absolute atomic E-state index is 9.48. The Morgan fingerprint density at radius 2 is 1.84 bits per heavy atom. The Morgan fingerprint density at radius 3 is 2.53 bits per heavy atom. The molecule has 2 unspecified atom stereocenters. The van der Waals surface area contributed by atoms with Crippen LogP contribution in [0.25, 0.3) is 0 Å². The van der Waals surface area contributed by atoms with E-state index in [0.29, 0.717) is 12.0 Å². The van der Waals surface area contributed by atoms with Gasteiger partial charge >= 0.3 is 0 Å². The lowest BCUT2D eigenvalue weighted by molar-refractivity contribution is 0.178. The number of aromatic nitrogens is 2. The lowest BCUT2D eigenvalue weighted by Crippen LogP contribution is -2.35. The molecule has 0 aromatic carbocycles. The molecule has 0 aliphatic heterocycles. The first-order valence-corrected chi connectivity index (χ1v) is 7.06. The van der Waals surface area contributed by atoms with Crippen molar-refractivity contribution in [1.82, 2.24) is 9.97 Å². The second kappa shape index (κ2) is 6.19. The van der Waals surface area contributed by atoms with E-state index >= 15 is 0 Å². The van der Waals surface area contributed by atoms with Crippen molar-refractivity contribution in [1.29, 1.82) is 0 Å². The first-order valence-electron chi connectivity index (χ1n) is 7.06. The summed E-state index contributed by atoms with van der Waals surface area (Å²) in [6.45, 7) is 4.17. The van der Waals surface area contributed by atoms with Crippen LogP contribution in [-0.4, -0.2) is 34.8 Å². The molecule has 3 N–H and O–H groups in total. The standard InChI is InChI=1S/C14H24N4O/c1-9-13(15-3)16-10(2)17-14(9)18-12-7-5-4-6-11(12)8-19/h11-12,19H,4-8H2,1-3H3,(H2,15,16,17,18). The zero-order valence-corrected chi connectivity index (χ0v) is 12.0. The average molecular weight is 264 g/mol. The van der Waals surface area contributed by atoms with Crippen molar-refractivity contribution in [3.8, 4) is 0 Å². The van der Waals surface area contributed by atoms with Crippen LogP contribution in [0.15, 0.2) is 0 Å². The van der Waals surface area contributed by atoms with Crippen molar-refractivity contribution in [2.24, 2.45) is 5.92 Å². The summed E-state index contributed by atoms with van der Waals surface area (Å²) in [7, 11) is 1.87. The van der Waals surface area contributed by atoms with Gasteiger partial charge in [0.2, 0.25) is 0 Å². The number of aryl methyl sites for hydroxylation is 1. The summed E-state index contributed by atoms with van der Waals surface area (Å²) in [6.07, 6.45) is 4.63. The van der Waals surface area contributed by atoms with Crippen molar-refractivity contribution in [2.75, 3.05) is 24.3 Å². The Morgan fingerprint density at radius 1 is 1.16 bits per heavy atom. The van der Waals surface area contributed by atoms with Crippen LogP contribution >= 0.6 is 0 Å². The molecular weight excluding hydrogens is 240 g/mol. The number of aliphatic hydroxyl groups excluding tert-OH is 1. The Bertz CT molecular complexity index is 436. The van der Waals surface area contributed by atoms with E-state index < -0.39 is 0 Å². The van der Waals surface area contributed by atoms with Crippen molar-refractivity contribution in [3.05, 3.63) is 11.4 Å². The molecule has 1 aromatic heterocycles. The molecule has 5 heteroatoms. The second-order valence-corrected chi connectivity index (χ2v) is 5.32. The topological polar surface area (TPSA) is 70.1 Å². The molecular formula is C14H24N4O.